The predicted molar refractivity (Wildman–Crippen MR) is 62.2 cm³/mol. The second-order valence-corrected chi connectivity index (χ2v) is 4.59. The standard InChI is InChI=1S/C10H8N4O2S/c1-13-3-2-6(4-13)8-12-14-5-7(9(15)16)11-10(14)17-8/h2-5H,1H3,(H,15,16). The summed E-state index contributed by atoms with van der Waals surface area (Å²) in [6.07, 6.45) is 5.30. The van der Waals surface area contributed by atoms with E-state index >= 15 is 0 Å². The first-order chi connectivity index (χ1) is 8.13. The van der Waals surface area contributed by atoms with Crippen LogP contribution in [-0.4, -0.2) is 30.2 Å². The molecule has 0 atom stereocenters. The van der Waals surface area contributed by atoms with Crippen molar-refractivity contribution in [1.82, 2.24) is 19.2 Å². The third kappa shape index (κ3) is 1.60. The minimum atomic E-state index is -1.04. The maximum Gasteiger partial charge on any atom is 0.356 e. The van der Waals surface area contributed by atoms with Crippen molar-refractivity contribution in [2.24, 2.45) is 7.05 Å². The molecule has 3 heterocycles. The van der Waals surface area contributed by atoms with E-state index in [1.165, 1.54) is 22.0 Å². The molecule has 0 aromatic carbocycles. The Balaban J connectivity index is 2.09. The number of carboxylic acid groups (broad SMARTS) is 1. The number of imidazole rings is 1. The first-order valence-electron chi connectivity index (χ1n) is 4.85. The first-order valence-corrected chi connectivity index (χ1v) is 5.67. The van der Waals surface area contributed by atoms with E-state index in [1.807, 2.05) is 30.1 Å². The van der Waals surface area contributed by atoms with Gasteiger partial charge >= 0.3 is 5.97 Å². The normalized spacial score (nSPS) is 11.1. The number of carboxylic acids is 1. The number of aryl methyl sites for hydroxylation is 1. The Morgan fingerprint density at radius 3 is 2.88 bits per heavy atom. The van der Waals surface area contributed by atoms with Crippen molar-refractivity contribution < 1.29 is 9.90 Å². The summed E-state index contributed by atoms with van der Waals surface area (Å²) in [5.41, 5.74) is 1.02. The Morgan fingerprint density at radius 2 is 2.29 bits per heavy atom. The fraction of sp³-hybridized carbons (Fsp3) is 0.100. The number of hydrogen-bond donors (Lipinski definition) is 1. The lowest BCUT2D eigenvalue weighted by atomic mass is 10.4. The van der Waals surface area contributed by atoms with Gasteiger partial charge in [0.15, 0.2) is 5.69 Å². The smallest absolute Gasteiger partial charge is 0.356 e. The van der Waals surface area contributed by atoms with E-state index in [9.17, 15) is 4.79 Å². The minimum Gasteiger partial charge on any atom is -0.476 e. The summed E-state index contributed by atoms with van der Waals surface area (Å²) in [4.78, 5) is 15.3. The van der Waals surface area contributed by atoms with Crippen molar-refractivity contribution in [3.63, 3.8) is 0 Å². The van der Waals surface area contributed by atoms with Gasteiger partial charge in [0, 0.05) is 25.0 Å². The SMILES string of the molecule is Cn1ccc(-c2nn3cc(C(=O)O)nc3s2)c1. The molecule has 0 amide bonds. The highest BCUT2D eigenvalue weighted by atomic mass is 32.1. The van der Waals surface area contributed by atoms with Gasteiger partial charge in [0.2, 0.25) is 4.96 Å². The summed E-state index contributed by atoms with van der Waals surface area (Å²) in [5, 5.41) is 13.9. The Hall–Kier alpha value is -2.15. The lowest BCUT2D eigenvalue weighted by molar-refractivity contribution is 0.0691. The highest BCUT2D eigenvalue weighted by Gasteiger charge is 2.13. The lowest BCUT2D eigenvalue weighted by Gasteiger charge is -1.87. The largest absolute Gasteiger partial charge is 0.476 e. The zero-order chi connectivity index (χ0) is 12.0. The molecule has 0 aliphatic rings. The molecule has 7 heteroatoms. The summed E-state index contributed by atoms with van der Waals surface area (Å²) in [7, 11) is 1.94. The fourth-order valence-corrected chi connectivity index (χ4v) is 2.42. The molecule has 3 aromatic rings. The fourth-order valence-electron chi connectivity index (χ4n) is 1.55. The van der Waals surface area contributed by atoms with E-state index in [-0.39, 0.29) is 5.69 Å². The van der Waals surface area contributed by atoms with Gasteiger partial charge in [0.1, 0.15) is 5.01 Å². The maximum atomic E-state index is 10.7. The van der Waals surface area contributed by atoms with E-state index in [1.54, 1.807) is 0 Å². The van der Waals surface area contributed by atoms with E-state index in [2.05, 4.69) is 10.1 Å². The summed E-state index contributed by atoms with van der Waals surface area (Å²) < 4.78 is 3.43. The van der Waals surface area contributed by atoms with Crippen LogP contribution < -0.4 is 0 Å². The van der Waals surface area contributed by atoms with Crippen LogP contribution in [0.5, 0.6) is 0 Å². The van der Waals surface area contributed by atoms with E-state index in [0.29, 0.717) is 4.96 Å². The van der Waals surface area contributed by atoms with Crippen molar-refractivity contribution in [3.05, 3.63) is 30.4 Å². The van der Waals surface area contributed by atoms with Gasteiger partial charge in [0.25, 0.3) is 0 Å². The van der Waals surface area contributed by atoms with Crippen LogP contribution in [-0.2, 0) is 7.05 Å². The van der Waals surface area contributed by atoms with Crippen molar-refractivity contribution in [2.45, 2.75) is 0 Å². The number of rotatable bonds is 2. The third-order valence-corrected chi connectivity index (χ3v) is 3.31. The number of fused-ring (bicyclic) bond motifs is 1. The van der Waals surface area contributed by atoms with Crippen molar-refractivity contribution in [2.75, 3.05) is 0 Å². The van der Waals surface area contributed by atoms with Crippen LogP contribution in [0.3, 0.4) is 0 Å². The van der Waals surface area contributed by atoms with Crippen LogP contribution >= 0.6 is 11.3 Å². The average Bonchev–Trinajstić information content (AvgIpc) is 2.88. The van der Waals surface area contributed by atoms with Gasteiger partial charge in [-0.3, -0.25) is 0 Å². The molecule has 0 aliphatic heterocycles. The molecule has 0 radical (unpaired) electrons. The first kappa shape index (κ1) is 10.0. The lowest BCUT2D eigenvalue weighted by Crippen LogP contribution is -1.95. The van der Waals surface area contributed by atoms with Gasteiger partial charge in [-0.25, -0.2) is 14.3 Å². The molecular weight excluding hydrogens is 240 g/mol. The van der Waals surface area contributed by atoms with E-state index < -0.39 is 5.97 Å². The van der Waals surface area contributed by atoms with Crippen molar-refractivity contribution >= 4 is 22.3 Å². The second-order valence-electron chi connectivity index (χ2n) is 3.63. The molecule has 0 unspecified atom stereocenters. The van der Waals surface area contributed by atoms with Crippen molar-refractivity contribution in [1.29, 1.82) is 0 Å². The van der Waals surface area contributed by atoms with Gasteiger partial charge in [-0.15, -0.1) is 0 Å². The molecule has 3 rings (SSSR count). The van der Waals surface area contributed by atoms with Gasteiger partial charge in [-0.05, 0) is 6.07 Å². The van der Waals surface area contributed by atoms with Gasteiger partial charge in [-0.2, -0.15) is 5.10 Å². The van der Waals surface area contributed by atoms with Gasteiger partial charge < -0.3 is 9.67 Å². The van der Waals surface area contributed by atoms with Crippen LogP contribution in [0.25, 0.3) is 15.5 Å². The molecule has 86 valence electrons. The van der Waals surface area contributed by atoms with Crippen LogP contribution in [0.2, 0.25) is 0 Å². The predicted octanol–water partition coefficient (Wildman–Crippen LogP) is 1.49. The number of hydrogen-bond acceptors (Lipinski definition) is 4. The number of carbonyl (C=O) groups is 1. The molecule has 1 N–H and O–H groups in total. The monoisotopic (exact) mass is 248 g/mol. The van der Waals surface area contributed by atoms with E-state index in [0.717, 1.165) is 10.6 Å². The van der Waals surface area contributed by atoms with E-state index in [4.69, 9.17) is 5.11 Å². The molecular formula is C10H8N4O2S. The van der Waals surface area contributed by atoms with Crippen LogP contribution in [0, 0.1) is 0 Å². The number of aromatic nitrogens is 4. The maximum absolute atomic E-state index is 10.7. The third-order valence-electron chi connectivity index (χ3n) is 2.34. The number of aromatic carboxylic acids is 1. The van der Waals surface area contributed by atoms with Crippen LogP contribution in [0.1, 0.15) is 10.5 Å². The second kappa shape index (κ2) is 3.42. The molecule has 0 fully saturated rings. The molecule has 3 aromatic heterocycles. The zero-order valence-electron chi connectivity index (χ0n) is 8.86. The summed E-state index contributed by atoms with van der Waals surface area (Å²) in [5.74, 6) is -1.04. The highest BCUT2D eigenvalue weighted by Crippen LogP contribution is 2.25. The average molecular weight is 248 g/mol. The minimum absolute atomic E-state index is 0.0170. The van der Waals surface area contributed by atoms with Crippen molar-refractivity contribution in [3.8, 4) is 10.6 Å². The summed E-state index contributed by atoms with van der Waals surface area (Å²) in [6.45, 7) is 0. The molecule has 17 heavy (non-hydrogen) atoms. The van der Waals surface area contributed by atoms with Crippen LogP contribution in [0.4, 0.5) is 0 Å². The molecule has 6 nitrogen and oxygen atoms in total. The molecule has 0 saturated heterocycles. The molecule has 0 bridgehead atoms. The molecule has 0 aliphatic carbocycles. The quantitative estimate of drug-likeness (QED) is 0.745. The Kier molecular flexibility index (Phi) is 2.02. The Labute approximate surface area is 99.8 Å². The molecule has 0 saturated carbocycles. The summed E-state index contributed by atoms with van der Waals surface area (Å²) in [6, 6.07) is 1.95. The highest BCUT2D eigenvalue weighted by molar-refractivity contribution is 7.19. The van der Waals surface area contributed by atoms with Gasteiger partial charge in [-0.1, -0.05) is 11.3 Å². The topological polar surface area (TPSA) is 72.4 Å². The zero-order valence-corrected chi connectivity index (χ0v) is 9.68. The van der Waals surface area contributed by atoms with Crippen LogP contribution in [0.15, 0.2) is 24.7 Å². The van der Waals surface area contributed by atoms with Gasteiger partial charge in [0.05, 0.1) is 6.20 Å². The number of nitrogens with zero attached hydrogens (tertiary/aromatic N) is 4. The Morgan fingerprint density at radius 1 is 1.47 bits per heavy atom. The summed E-state index contributed by atoms with van der Waals surface area (Å²) >= 11 is 1.37. The Bertz CT molecular complexity index is 677. The molecule has 0 spiro atoms.